The lowest BCUT2D eigenvalue weighted by Gasteiger charge is -2.26. The Hall–Kier alpha value is -3.03. The average Bonchev–Trinajstić information content (AvgIpc) is 2.74. The van der Waals surface area contributed by atoms with Crippen LogP contribution in [0, 0.1) is 0 Å². The number of morpholine rings is 1. The maximum atomic E-state index is 13.0. The molecule has 0 amide bonds. The van der Waals surface area contributed by atoms with Crippen molar-refractivity contribution in [3.63, 3.8) is 0 Å². The van der Waals surface area contributed by atoms with Crippen molar-refractivity contribution in [2.75, 3.05) is 32.9 Å². The SMILES string of the molecule is CCOc1ccccc1Oc1coc2c(CN3CCOCC3)c(O)ccc2c1=O. The van der Waals surface area contributed by atoms with E-state index in [2.05, 4.69) is 4.90 Å². The van der Waals surface area contributed by atoms with Gasteiger partial charge in [-0.15, -0.1) is 0 Å². The number of benzene rings is 2. The van der Waals surface area contributed by atoms with Crippen LogP contribution in [0.2, 0.25) is 0 Å². The largest absolute Gasteiger partial charge is 0.507 e. The fourth-order valence-electron chi connectivity index (χ4n) is 3.36. The van der Waals surface area contributed by atoms with E-state index < -0.39 is 0 Å². The van der Waals surface area contributed by atoms with Gasteiger partial charge in [-0.3, -0.25) is 9.69 Å². The predicted molar refractivity (Wildman–Crippen MR) is 108 cm³/mol. The van der Waals surface area contributed by atoms with E-state index in [4.69, 9.17) is 18.6 Å². The fraction of sp³-hybridized carbons (Fsp3) is 0.318. The van der Waals surface area contributed by atoms with E-state index in [1.165, 1.54) is 12.3 Å². The molecule has 1 N–H and O–H groups in total. The molecule has 7 nitrogen and oxygen atoms in total. The third-order valence-electron chi connectivity index (χ3n) is 4.84. The van der Waals surface area contributed by atoms with Gasteiger partial charge < -0.3 is 23.7 Å². The summed E-state index contributed by atoms with van der Waals surface area (Å²) >= 11 is 0. The Bertz CT molecular complexity index is 1050. The highest BCUT2D eigenvalue weighted by Gasteiger charge is 2.19. The zero-order valence-corrected chi connectivity index (χ0v) is 16.2. The first kappa shape index (κ1) is 19.3. The van der Waals surface area contributed by atoms with E-state index in [0.29, 0.717) is 54.4 Å². The zero-order chi connectivity index (χ0) is 20.2. The van der Waals surface area contributed by atoms with Crippen LogP contribution >= 0.6 is 0 Å². The molecule has 4 rings (SSSR count). The maximum absolute atomic E-state index is 13.0. The van der Waals surface area contributed by atoms with Crippen LogP contribution in [0.3, 0.4) is 0 Å². The fourth-order valence-corrected chi connectivity index (χ4v) is 3.36. The van der Waals surface area contributed by atoms with Crippen LogP contribution in [0.15, 0.2) is 51.9 Å². The molecule has 29 heavy (non-hydrogen) atoms. The number of phenols is 1. The minimum Gasteiger partial charge on any atom is -0.507 e. The normalized spacial score (nSPS) is 14.8. The van der Waals surface area contributed by atoms with Gasteiger partial charge in [-0.05, 0) is 31.2 Å². The molecule has 2 aromatic carbocycles. The Labute approximate surface area is 168 Å². The number of phenolic OH excluding ortho intramolecular Hbond substituents is 1. The minimum atomic E-state index is -0.305. The number of fused-ring (bicyclic) bond motifs is 1. The first-order valence-electron chi connectivity index (χ1n) is 9.63. The Kier molecular flexibility index (Phi) is 5.69. The highest BCUT2D eigenvalue weighted by atomic mass is 16.5. The molecule has 1 saturated heterocycles. The van der Waals surface area contributed by atoms with Gasteiger partial charge in [0.25, 0.3) is 0 Å². The van der Waals surface area contributed by atoms with Gasteiger partial charge in [-0.2, -0.15) is 0 Å². The van der Waals surface area contributed by atoms with E-state index in [1.807, 2.05) is 13.0 Å². The number of rotatable bonds is 6. The van der Waals surface area contributed by atoms with Crippen LogP contribution in [0.1, 0.15) is 12.5 Å². The molecule has 0 atom stereocenters. The van der Waals surface area contributed by atoms with Crippen LogP contribution in [-0.4, -0.2) is 42.9 Å². The van der Waals surface area contributed by atoms with Crippen molar-refractivity contribution in [1.29, 1.82) is 0 Å². The molecule has 0 unspecified atom stereocenters. The molecule has 7 heteroatoms. The molecule has 1 fully saturated rings. The third-order valence-corrected chi connectivity index (χ3v) is 4.84. The quantitative estimate of drug-likeness (QED) is 0.681. The smallest absolute Gasteiger partial charge is 0.235 e. The number of hydrogen-bond donors (Lipinski definition) is 1. The van der Waals surface area contributed by atoms with Crippen molar-refractivity contribution in [2.24, 2.45) is 0 Å². The average molecular weight is 397 g/mol. The van der Waals surface area contributed by atoms with Gasteiger partial charge in [0.1, 0.15) is 17.6 Å². The van der Waals surface area contributed by atoms with Crippen LogP contribution in [0.25, 0.3) is 11.0 Å². The maximum Gasteiger partial charge on any atom is 0.235 e. The van der Waals surface area contributed by atoms with Gasteiger partial charge in [-0.25, -0.2) is 0 Å². The topological polar surface area (TPSA) is 81.4 Å². The molecule has 0 saturated carbocycles. The lowest BCUT2D eigenvalue weighted by Crippen LogP contribution is -2.35. The van der Waals surface area contributed by atoms with Crippen LogP contribution in [-0.2, 0) is 11.3 Å². The Morgan fingerprint density at radius 1 is 1.07 bits per heavy atom. The van der Waals surface area contributed by atoms with E-state index in [9.17, 15) is 9.90 Å². The molecule has 152 valence electrons. The summed E-state index contributed by atoms with van der Waals surface area (Å²) in [6, 6.07) is 10.2. The van der Waals surface area contributed by atoms with Crippen molar-refractivity contribution in [3.05, 3.63) is 58.4 Å². The van der Waals surface area contributed by atoms with Gasteiger partial charge in [0, 0.05) is 19.6 Å². The van der Waals surface area contributed by atoms with Gasteiger partial charge in [-0.1, -0.05) is 12.1 Å². The van der Waals surface area contributed by atoms with Gasteiger partial charge in [0.15, 0.2) is 11.5 Å². The Balaban J connectivity index is 1.69. The molecular weight excluding hydrogens is 374 g/mol. The molecule has 0 bridgehead atoms. The number of nitrogens with zero attached hydrogens (tertiary/aromatic N) is 1. The standard InChI is InChI=1S/C22H23NO6/c1-2-27-18-5-3-4-6-19(18)29-20-14-28-22-15(21(20)25)7-8-17(24)16(22)13-23-9-11-26-12-10-23/h3-8,14,24H,2,9-13H2,1H3. The molecule has 0 radical (unpaired) electrons. The second-order valence-corrected chi connectivity index (χ2v) is 6.74. The van der Waals surface area contributed by atoms with Gasteiger partial charge in [0.2, 0.25) is 11.2 Å². The summed E-state index contributed by atoms with van der Waals surface area (Å²) in [5.41, 5.74) is 0.649. The highest BCUT2D eigenvalue weighted by Crippen LogP contribution is 2.32. The summed E-state index contributed by atoms with van der Waals surface area (Å²) in [5, 5.41) is 10.7. The summed E-state index contributed by atoms with van der Waals surface area (Å²) in [6.45, 7) is 5.65. The van der Waals surface area contributed by atoms with Crippen LogP contribution in [0.4, 0.5) is 0 Å². The molecular formula is C22H23NO6. The Morgan fingerprint density at radius 3 is 2.59 bits per heavy atom. The Morgan fingerprint density at radius 2 is 1.83 bits per heavy atom. The number of hydrogen-bond acceptors (Lipinski definition) is 7. The molecule has 0 aliphatic carbocycles. The first-order chi connectivity index (χ1) is 14.2. The number of aromatic hydroxyl groups is 1. The molecule has 1 aromatic heterocycles. The summed E-state index contributed by atoms with van der Waals surface area (Å²) < 4.78 is 22.5. The summed E-state index contributed by atoms with van der Waals surface area (Å²) in [7, 11) is 0. The van der Waals surface area contributed by atoms with Crippen molar-refractivity contribution in [1.82, 2.24) is 4.90 Å². The van der Waals surface area contributed by atoms with Gasteiger partial charge >= 0.3 is 0 Å². The molecule has 2 heterocycles. The van der Waals surface area contributed by atoms with E-state index in [-0.39, 0.29) is 16.9 Å². The minimum absolute atomic E-state index is 0.0627. The second kappa shape index (κ2) is 8.55. The van der Waals surface area contributed by atoms with Crippen molar-refractivity contribution < 1.29 is 23.7 Å². The second-order valence-electron chi connectivity index (χ2n) is 6.74. The van der Waals surface area contributed by atoms with Gasteiger partial charge in [0.05, 0.1) is 30.8 Å². The molecule has 0 spiro atoms. The lowest BCUT2D eigenvalue weighted by atomic mass is 10.1. The van der Waals surface area contributed by atoms with Crippen molar-refractivity contribution in [2.45, 2.75) is 13.5 Å². The van der Waals surface area contributed by atoms with E-state index in [1.54, 1.807) is 24.3 Å². The number of para-hydroxylation sites is 2. The molecule has 3 aromatic rings. The predicted octanol–water partition coefficient (Wildman–Crippen LogP) is 3.52. The molecule has 1 aliphatic heterocycles. The monoisotopic (exact) mass is 397 g/mol. The third kappa shape index (κ3) is 4.06. The van der Waals surface area contributed by atoms with E-state index in [0.717, 1.165) is 13.1 Å². The summed E-state index contributed by atoms with van der Waals surface area (Å²) in [6.07, 6.45) is 1.29. The highest BCUT2D eigenvalue weighted by molar-refractivity contribution is 5.83. The van der Waals surface area contributed by atoms with Crippen LogP contribution in [0.5, 0.6) is 23.0 Å². The first-order valence-corrected chi connectivity index (χ1v) is 9.63. The lowest BCUT2D eigenvalue weighted by molar-refractivity contribution is 0.0339. The van der Waals surface area contributed by atoms with Crippen molar-refractivity contribution in [3.8, 4) is 23.0 Å². The summed E-state index contributed by atoms with van der Waals surface area (Å²) in [5.74, 6) is 1.15. The van der Waals surface area contributed by atoms with Crippen LogP contribution < -0.4 is 14.9 Å². The zero-order valence-electron chi connectivity index (χ0n) is 16.2. The van der Waals surface area contributed by atoms with Crippen molar-refractivity contribution >= 4 is 11.0 Å². The molecule has 1 aliphatic rings. The van der Waals surface area contributed by atoms with E-state index >= 15 is 0 Å². The number of ether oxygens (including phenoxy) is 3. The summed E-state index contributed by atoms with van der Waals surface area (Å²) in [4.78, 5) is 15.2.